The molecule has 3 heteroatoms. The van der Waals surface area contributed by atoms with Crippen LogP contribution in [0.4, 0.5) is 0 Å². The zero-order chi connectivity index (χ0) is 12.5. The highest BCUT2D eigenvalue weighted by Crippen LogP contribution is 2.28. The third kappa shape index (κ3) is 2.04. The minimum Gasteiger partial charge on any atom is -0.371 e. The van der Waals surface area contributed by atoms with Crippen LogP contribution in [0.15, 0.2) is 18.2 Å². The summed E-state index contributed by atoms with van der Waals surface area (Å²) in [5, 5.41) is 4.75. The Morgan fingerprint density at radius 3 is 3.06 bits per heavy atom. The summed E-state index contributed by atoms with van der Waals surface area (Å²) in [6, 6.07) is 6.55. The van der Waals surface area contributed by atoms with Gasteiger partial charge < -0.3 is 15.0 Å². The lowest BCUT2D eigenvalue weighted by Crippen LogP contribution is -2.20. The van der Waals surface area contributed by atoms with Crippen LogP contribution < -0.4 is 5.32 Å². The number of benzene rings is 1. The van der Waals surface area contributed by atoms with Gasteiger partial charge in [0.05, 0.1) is 0 Å². The topological polar surface area (TPSA) is 37.0 Å². The zero-order valence-corrected chi connectivity index (χ0v) is 11.0. The predicted molar refractivity (Wildman–Crippen MR) is 74.0 cm³/mol. The Hall–Kier alpha value is -1.32. The number of fused-ring (bicyclic) bond motifs is 1. The van der Waals surface area contributed by atoms with Gasteiger partial charge in [-0.2, -0.15) is 0 Å². The lowest BCUT2D eigenvalue weighted by molar-refractivity contribution is 0.0640. The normalized spacial score (nSPS) is 21.1. The molecular weight excluding hydrogens is 224 g/mol. The van der Waals surface area contributed by atoms with Crippen molar-refractivity contribution in [2.24, 2.45) is 0 Å². The number of aromatic nitrogens is 1. The van der Waals surface area contributed by atoms with E-state index in [-0.39, 0.29) is 6.10 Å². The second-order valence-electron chi connectivity index (χ2n) is 5.13. The van der Waals surface area contributed by atoms with E-state index < -0.39 is 0 Å². The van der Waals surface area contributed by atoms with Crippen LogP contribution >= 0.6 is 0 Å². The van der Waals surface area contributed by atoms with E-state index >= 15 is 0 Å². The monoisotopic (exact) mass is 244 g/mol. The average molecular weight is 244 g/mol. The number of rotatable bonds is 1. The van der Waals surface area contributed by atoms with Gasteiger partial charge in [0.2, 0.25) is 0 Å². The van der Waals surface area contributed by atoms with E-state index in [0.717, 1.165) is 26.1 Å². The molecule has 1 atom stereocenters. The van der Waals surface area contributed by atoms with Crippen molar-refractivity contribution in [1.29, 1.82) is 0 Å². The fraction of sp³-hybridized carbons (Fsp3) is 0.467. The van der Waals surface area contributed by atoms with Crippen molar-refractivity contribution in [3.8, 4) is 0 Å². The molecule has 0 aliphatic carbocycles. The molecular formula is C15H20N2O. The van der Waals surface area contributed by atoms with Crippen molar-refractivity contribution in [2.45, 2.75) is 26.4 Å². The Morgan fingerprint density at radius 2 is 2.17 bits per heavy atom. The summed E-state index contributed by atoms with van der Waals surface area (Å²) in [6.45, 7) is 7.10. The Bertz CT molecular complexity index is 551. The molecule has 1 saturated heterocycles. The van der Waals surface area contributed by atoms with E-state index in [2.05, 4.69) is 42.3 Å². The number of ether oxygens (including phenoxy) is 1. The summed E-state index contributed by atoms with van der Waals surface area (Å²) in [5.74, 6) is 0. The largest absolute Gasteiger partial charge is 0.371 e. The van der Waals surface area contributed by atoms with Gasteiger partial charge in [0.25, 0.3) is 0 Å². The zero-order valence-electron chi connectivity index (χ0n) is 11.0. The van der Waals surface area contributed by atoms with E-state index in [9.17, 15) is 0 Å². The molecule has 1 aromatic heterocycles. The van der Waals surface area contributed by atoms with Gasteiger partial charge in [-0.25, -0.2) is 0 Å². The molecule has 1 aliphatic rings. The van der Waals surface area contributed by atoms with Gasteiger partial charge in [0.15, 0.2) is 0 Å². The Labute approximate surface area is 108 Å². The summed E-state index contributed by atoms with van der Waals surface area (Å²) in [5.41, 5.74) is 5.06. The molecule has 0 amide bonds. The first-order chi connectivity index (χ1) is 8.75. The molecule has 1 aliphatic heterocycles. The maximum absolute atomic E-state index is 5.94. The molecule has 0 spiro atoms. The first-order valence-corrected chi connectivity index (χ1v) is 6.67. The number of hydrogen-bond donors (Lipinski definition) is 2. The van der Waals surface area contributed by atoms with Crippen LogP contribution in [0.2, 0.25) is 0 Å². The SMILES string of the molecule is Cc1ccc2[nH]c(C3CNCCCO3)c(C)c2c1. The van der Waals surface area contributed by atoms with Crippen molar-refractivity contribution in [3.63, 3.8) is 0 Å². The molecule has 2 aromatic rings. The van der Waals surface area contributed by atoms with Crippen molar-refractivity contribution in [2.75, 3.05) is 19.7 Å². The fourth-order valence-corrected chi connectivity index (χ4v) is 2.68. The molecule has 0 saturated carbocycles. The maximum atomic E-state index is 5.94. The highest BCUT2D eigenvalue weighted by Gasteiger charge is 2.19. The minimum absolute atomic E-state index is 0.153. The highest BCUT2D eigenvalue weighted by molar-refractivity contribution is 5.85. The molecule has 3 nitrogen and oxygen atoms in total. The summed E-state index contributed by atoms with van der Waals surface area (Å²) in [7, 11) is 0. The second-order valence-corrected chi connectivity index (χ2v) is 5.13. The van der Waals surface area contributed by atoms with Gasteiger partial charge in [-0.05, 0) is 44.5 Å². The maximum Gasteiger partial charge on any atom is 0.110 e. The van der Waals surface area contributed by atoms with Crippen LogP contribution in [-0.2, 0) is 4.74 Å². The van der Waals surface area contributed by atoms with Crippen LogP contribution in [0.5, 0.6) is 0 Å². The molecule has 1 fully saturated rings. The molecule has 1 aromatic carbocycles. The molecule has 0 radical (unpaired) electrons. The van der Waals surface area contributed by atoms with Gasteiger partial charge in [-0.15, -0.1) is 0 Å². The fourth-order valence-electron chi connectivity index (χ4n) is 2.68. The van der Waals surface area contributed by atoms with E-state index in [1.165, 1.54) is 27.7 Å². The lowest BCUT2D eigenvalue weighted by Gasteiger charge is -2.14. The molecule has 18 heavy (non-hydrogen) atoms. The number of aryl methyl sites for hydroxylation is 2. The van der Waals surface area contributed by atoms with Crippen LogP contribution in [-0.4, -0.2) is 24.7 Å². The van der Waals surface area contributed by atoms with Crippen LogP contribution in [0.1, 0.15) is 29.3 Å². The number of hydrogen-bond acceptors (Lipinski definition) is 2. The average Bonchev–Trinajstić information content (AvgIpc) is 2.59. The van der Waals surface area contributed by atoms with Crippen molar-refractivity contribution >= 4 is 10.9 Å². The summed E-state index contributed by atoms with van der Waals surface area (Å²) in [4.78, 5) is 3.52. The van der Waals surface area contributed by atoms with Gasteiger partial charge >= 0.3 is 0 Å². The van der Waals surface area contributed by atoms with Gasteiger partial charge in [-0.3, -0.25) is 0 Å². The Morgan fingerprint density at radius 1 is 1.28 bits per heavy atom. The Balaban J connectivity index is 2.03. The van der Waals surface area contributed by atoms with Crippen molar-refractivity contribution in [1.82, 2.24) is 10.3 Å². The van der Waals surface area contributed by atoms with Gasteiger partial charge in [0.1, 0.15) is 6.10 Å². The summed E-state index contributed by atoms with van der Waals surface area (Å²) >= 11 is 0. The molecule has 1 unspecified atom stereocenters. The number of H-pyrrole nitrogens is 1. The number of nitrogens with one attached hydrogen (secondary N) is 2. The third-order valence-corrected chi connectivity index (χ3v) is 3.72. The van der Waals surface area contributed by atoms with Crippen LogP contribution in [0.3, 0.4) is 0 Å². The third-order valence-electron chi connectivity index (χ3n) is 3.72. The first-order valence-electron chi connectivity index (χ1n) is 6.67. The Kier molecular flexibility index (Phi) is 3.10. The molecule has 3 rings (SSSR count). The molecule has 96 valence electrons. The minimum atomic E-state index is 0.153. The first kappa shape index (κ1) is 11.8. The summed E-state index contributed by atoms with van der Waals surface area (Å²) < 4.78 is 5.94. The second kappa shape index (κ2) is 4.75. The number of aromatic amines is 1. The molecule has 0 bridgehead atoms. The van der Waals surface area contributed by atoms with Crippen molar-refractivity contribution in [3.05, 3.63) is 35.0 Å². The predicted octanol–water partition coefficient (Wildman–Crippen LogP) is 2.84. The molecule has 2 N–H and O–H groups in total. The highest BCUT2D eigenvalue weighted by atomic mass is 16.5. The van der Waals surface area contributed by atoms with E-state index in [1.54, 1.807) is 0 Å². The van der Waals surface area contributed by atoms with Gasteiger partial charge in [-0.1, -0.05) is 11.6 Å². The quantitative estimate of drug-likeness (QED) is 0.809. The van der Waals surface area contributed by atoms with Gasteiger partial charge in [0, 0.05) is 29.7 Å². The van der Waals surface area contributed by atoms with Crippen molar-refractivity contribution < 1.29 is 4.74 Å². The van der Waals surface area contributed by atoms with E-state index in [0.29, 0.717) is 0 Å². The van der Waals surface area contributed by atoms with E-state index in [1.807, 2.05) is 0 Å². The van der Waals surface area contributed by atoms with Crippen LogP contribution in [0.25, 0.3) is 10.9 Å². The van der Waals surface area contributed by atoms with E-state index in [4.69, 9.17) is 4.74 Å². The molecule has 2 heterocycles. The smallest absolute Gasteiger partial charge is 0.110 e. The standard InChI is InChI=1S/C15H20N2O/c1-10-4-5-13-12(8-10)11(2)15(17-13)14-9-16-6-3-7-18-14/h4-5,8,14,16-17H,3,6-7,9H2,1-2H3. The van der Waals surface area contributed by atoms with Crippen LogP contribution in [0, 0.1) is 13.8 Å². The lowest BCUT2D eigenvalue weighted by atomic mass is 10.1. The summed E-state index contributed by atoms with van der Waals surface area (Å²) in [6.07, 6.45) is 1.25.